The summed E-state index contributed by atoms with van der Waals surface area (Å²) in [6, 6.07) is 13.1. The van der Waals surface area contributed by atoms with Crippen LogP contribution in [0.2, 0.25) is 0 Å². The molecule has 1 atom stereocenters. The van der Waals surface area contributed by atoms with Crippen molar-refractivity contribution in [3.63, 3.8) is 0 Å². The summed E-state index contributed by atoms with van der Waals surface area (Å²) in [7, 11) is 0. The third kappa shape index (κ3) is 4.80. The van der Waals surface area contributed by atoms with E-state index in [4.69, 9.17) is 10.00 Å². The Kier molecular flexibility index (Phi) is 5.72. The van der Waals surface area contributed by atoms with E-state index in [1.807, 2.05) is 0 Å². The van der Waals surface area contributed by atoms with Crippen molar-refractivity contribution in [1.29, 1.82) is 5.26 Å². The largest absolute Gasteiger partial charge is 0.480 e. The van der Waals surface area contributed by atoms with Gasteiger partial charge in [0.25, 0.3) is 5.91 Å². The van der Waals surface area contributed by atoms with E-state index in [0.29, 0.717) is 22.3 Å². The molecule has 6 heteroatoms. The van der Waals surface area contributed by atoms with Gasteiger partial charge < -0.3 is 10.1 Å². The van der Waals surface area contributed by atoms with Crippen LogP contribution in [0.3, 0.4) is 0 Å². The van der Waals surface area contributed by atoms with Gasteiger partial charge in [0.15, 0.2) is 6.10 Å². The van der Waals surface area contributed by atoms with E-state index in [1.54, 1.807) is 31.2 Å². The van der Waals surface area contributed by atoms with Crippen LogP contribution in [0.25, 0.3) is 0 Å². The fraction of sp³-hybridized carbons (Fsp3) is 0.176. The molecule has 23 heavy (non-hydrogen) atoms. The summed E-state index contributed by atoms with van der Waals surface area (Å²) in [6.07, 6.45) is -0.428. The molecule has 0 aliphatic carbocycles. The first-order valence-electron chi connectivity index (χ1n) is 6.88. The third-order valence-electron chi connectivity index (χ3n) is 3.07. The average Bonchev–Trinajstić information content (AvgIpc) is 2.52. The zero-order valence-electron chi connectivity index (χ0n) is 12.3. The Balaban J connectivity index is 1.98. The van der Waals surface area contributed by atoms with Gasteiger partial charge in [-0.05, 0) is 58.7 Å². The Morgan fingerprint density at radius 1 is 1.35 bits per heavy atom. The van der Waals surface area contributed by atoms with Gasteiger partial charge in [-0.1, -0.05) is 12.1 Å². The molecule has 0 aromatic heterocycles. The van der Waals surface area contributed by atoms with Crippen molar-refractivity contribution in [3.05, 3.63) is 58.3 Å². The van der Waals surface area contributed by atoms with Crippen molar-refractivity contribution in [2.24, 2.45) is 0 Å². The van der Waals surface area contributed by atoms with Gasteiger partial charge in [-0.15, -0.1) is 0 Å². The van der Waals surface area contributed by atoms with Crippen LogP contribution in [0.15, 0.2) is 46.9 Å². The summed E-state index contributed by atoms with van der Waals surface area (Å²) in [4.78, 5) is 12.1. The highest BCUT2D eigenvalue weighted by molar-refractivity contribution is 9.10. The molecule has 0 bridgehead atoms. The van der Waals surface area contributed by atoms with Crippen LogP contribution in [-0.2, 0) is 11.2 Å². The molecule has 1 N–H and O–H groups in total. The highest BCUT2D eigenvalue weighted by Crippen LogP contribution is 2.26. The minimum absolute atomic E-state index is 0.325. The molecule has 0 aliphatic rings. The predicted octanol–water partition coefficient (Wildman–Crippen LogP) is 4.06. The number of hydrogen-bond donors (Lipinski definition) is 1. The molecule has 2 rings (SSSR count). The fourth-order valence-electron chi connectivity index (χ4n) is 1.86. The van der Waals surface area contributed by atoms with Crippen LogP contribution in [0.5, 0.6) is 5.75 Å². The number of nitrogens with one attached hydrogen (secondary N) is 1. The molecule has 0 aliphatic heterocycles. The third-order valence-corrected chi connectivity index (χ3v) is 3.69. The van der Waals surface area contributed by atoms with Gasteiger partial charge >= 0.3 is 0 Å². The maximum atomic E-state index is 13.0. The number of ether oxygens (including phenoxy) is 1. The van der Waals surface area contributed by atoms with Gasteiger partial charge in [0.1, 0.15) is 11.6 Å². The zero-order valence-corrected chi connectivity index (χ0v) is 13.9. The lowest BCUT2D eigenvalue weighted by Gasteiger charge is -2.16. The quantitative estimate of drug-likeness (QED) is 0.855. The van der Waals surface area contributed by atoms with Crippen molar-refractivity contribution in [2.75, 3.05) is 5.32 Å². The highest BCUT2D eigenvalue weighted by Gasteiger charge is 2.16. The van der Waals surface area contributed by atoms with Crippen molar-refractivity contribution in [1.82, 2.24) is 0 Å². The molecule has 0 radical (unpaired) electrons. The molecule has 4 nitrogen and oxygen atoms in total. The number of amides is 1. The maximum Gasteiger partial charge on any atom is 0.265 e. The Bertz CT molecular complexity index is 741. The smallest absolute Gasteiger partial charge is 0.265 e. The number of nitriles is 1. The van der Waals surface area contributed by atoms with Gasteiger partial charge in [-0.25, -0.2) is 4.39 Å². The Hall–Kier alpha value is -2.39. The molecule has 118 valence electrons. The van der Waals surface area contributed by atoms with Gasteiger partial charge in [0.2, 0.25) is 0 Å². The standard InChI is InChI=1S/C17H14BrFN2O2/c1-11(23-16-7-4-13(19)10-15(16)18)17(22)21-14-5-2-12(3-6-14)8-9-20/h2-7,10-11H,8H2,1H3,(H,21,22). The van der Waals surface area contributed by atoms with Crippen LogP contribution in [0.1, 0.15) is 12.5 Å². The highest BCUT2D eigenvalue weighted by atomic mass is 79.9. The molecule has 0 saturated heterocycles. The van der Waals surface area contributed by atoms with E-state index >= 15 is 0 Å². The van der Waals surface area contributed by atoms with Crippen LogP contribution in [-0.4, -0.2) is 12.0 Å². The number of anilines is 1. The second-order valence-corrected chi connectivity index (χ2v) is 5.71. The first kappa shape index (κ1) is 17.0. The minimum atomic E-state index is -0.754. The van der Waals surface area contributed by atoms with Crippen molar-refractivity contribution < 1.29 is 13.9 Å². The maximum absolute atomic E-state index is 13.0. The minimum Gasteiger partial charge on any atom is -0.480 e. The average molecular weight is 377 g/mol. The molecule has 2 aromatic rings. The second kappa shape index (κ2) is 7.75. The molecule has 1 unspecified atom stereocenters. The SMILES string of the molecule is CC(Oc1ccc(F)cc1Br)C(=O)Nc1ccc(CC#N)cc1. The van der Waals surface area contributed by atoms with E-state index in [1.165, 1.54) is 18.2 Å². The second-order valence-electron chi connectivity index (χ2n) is 4.86. The first-order valence-corrected chi connectivity index (χ1v) is 7.67. The van der Waals surface area contributed by atoms with E-state index in [0.717, 1.165) is 5.56 Å². The van der Waals surface area contributed by atoms with Crippen molar-refractivity contribution >= 4 is 27.5 Å². The Morgan fingerprint density at radius 3 is 2.65 bits per heavy atom. The predicted molar refractivity (Wildman–Crippen MR) is 88.6 cm³/mol. The summed E-state index contributed by atoms with van der Waals surface area (Å²) in [6.45, 7) is 1.61. The van der Waals surface area contributed by atoms with Gasteiger partial charge in [-0.3, -0.25) is 4.79 Å². The summed E-state index contributed by atoms with van der Waals surface area (Å²) < 4.78 is 19.0. The molecule has 1 amide bonds. The lowest BCUT2D eigenvalue weighted by molar-refractivity contribution is -0.122. The molecular weight excluding hydrogens is 363 g/mol. The lowest BCUT2D eigenvalue weighted by Crippen LogP contribution is -2.30. The molecule has 0 saturated carbocycles. The van der Waals surface area contributed by atoms with E-state index in [9.17, 15) is 9.18 Å². The molecule has 2 aromatic carbocycles. The zero-order chi connectivity index (χ0) is 16.8. The summed E-state index contributed by atoms with van der Waals surface area (Å²) in [5, 5.41) is 11.3. The van der Waals surface area contributed by atoms with Crippen LogP contribution in [0.4, 0.5) is 10.1 Å². The van der Waals surface area contributed by atoms with Crippen LogP contribution in [0, 0.1) is 17.1 Å². The Labute approximate surface area is 142 Å². The monoisotopic (exact) mass is 376 g/mol. The topological polar surface area (TPSA) is 62.1 Å². The normalized spacial score (nSPS) is 11.4. The van der Waals surface area contributed by atoms with Crippen LogP contribution >= 0.6 is 15.9 Å². The number of carbonyl (C=O) groups excluding carboxylic acids is 1. The number of nitrogens with zero attached hydrogens (tertiary/aromatic N) is 1. The number of carbonyl (C=O) groups is 1. The fourth-order valence-corrected chi connectivity index (χ4v) is 2.30. The summed E-state index contributed by atoms with van der Waals surface area (Å²) >= 11 is 3.19. The first-order chi connectivity index (χ1) is 11.0. The van der Waals surface area contributed by atoms with Gasteiger partial charge in [0, 0.05) is 5.69 Å². The number of rotatable bonds is 5. The van der Waals surface area contributed by atoms with Crippen LogP contribution < -0.4 is 10.1 Å². The van der Waals surface area contributed by atoms with Crippen molar-refractivity contribution in [2.45, 2.75) is 19.4 Å². The number of halogens is 2. The van der Waals surface area contributed by atoms with E-state index in [2.05, 4.69) is 27.3 Å². The molecule has 0 fully saturated rings. The van der Waals surface area contributed by atoms with Crippen molar-refractivity contribution in [3.8, 4) is 11.8 Å². The van der Waals surface area contributed by atoms with Gasteiger partial charge in [0.05, 0.1) is 17.0 Å². The summed E-state index contributed by atoms with van der Waals surface area (Å²) in [5.74, 6) is -0.327. The molecular formula is C17H14BrFN2O2. The Morgan fingerprint density at radius 2 is 2.04 bits per heavy atom. The summed E-state index contributed by atoms with van der Waals surface area (Å²) in [5.41, 5.74) is 1.50. The van der Waals surface area contributed by atoms with Gasteiger partial charge in [-0.2, -0.15) is 5.26 Å². The van der Waals surface area contributed by atoms with E-state index in [-0.39, 0.29) is 5.91 Å². The number of hydrogen-bond acceptors (Lipinski definition) is 3. The number of benzene rings is 2. The molecule has 0 heterocycles. The van der Waals surface area contributed by atoms with E-state index < -0.39 is 11.9 Å². The lowest BCUT2D eigenvalue weighted by atomic mass is 10.1. The molecule has 0 spiro atoms.